The number of rotatable bonds is 5. The van der Waals surface area contributed by atoms with E-state index in [-0.39, 0.29) is 11.8 Å². The fourth-order valence-corrected chi connectivity index (χ4v) is 2.04. The summed E-state index contributed by atoms with van der Waals surface area (Å²) in [5, 5.41) is 0. The van der Waals surface area contributed by atoms with E-state index in [1.807, 2.05) is 6.92 Å². The lowest BCUT2D eigenvalue weighted by molar-refractivity contribution is 0.0796. The Morgan fingerprint density at radius 2 is 1.91 bits per heavy atom. The highest BCUT2D eigenvalue weighted by Crippen LogP contribution is 2.26. The van der Waals surface area contributed by atoms with Gasteiger partial charge in [0.2, 0.25) is 0 Å². The summed E-state index contributed by atoms with van der Waals surface area (Å²) in [6.45, 7) is 6.75. The van der Waals surface area contributed by atoms with Crippen molar-refractivity contribution in [1.29, 1.82) is 0 Å². The molecule has 1 atom stereocenters. The van der Waals surface area contributed by atoms with Crippen LogP contribution in [-0.4, -0.2) is 44.3 Å². The molecule has 0 saturated heterocycles. The lowest BCUT2D eigenvalue weighted by atomic mass is 10.0. The van der Waals surface area contributed by atoms with Crippen LogP contribution in [0.5, 0.6) is 0 Å². The van der Waals surface area contributed by atoms with E-state index in [1.54, 1.807) is 30.4 Å². The highest BCUT2D eigenvalue weighted by Gasteiger charge is 2.17. The average Bonchev–Trinajstić information content (AvgIpc) is 2.59. The summed E-state index contributed by atoms with van der Waals surface area (Å²) < 4.78 is 0. The van der Waals surface area contributed by atoms with Gasteiger partial charge in [0.1, 0.15) is 17.7 Å². The van der Waals surface area contributed by atoms with E-state index in [1.165, 1.54) is 6.33 Å². The van der Waals surface area contributed by atoms with Gasteiger partial charge in [-0.25, -0.2) is 9.97 Å². The molecule has 0 aromatic carbocycles. The molecule has 0 fully saturated rings. The molecular formula is C16H21N5O. The van der Waals surface area contributed by atoms with Gasteiger partial charge in [0.15, 0.2) is 0 Å². The Hall–Kier alpha value is -2.37. The van der Waals surface area contributed by atoms with Gasteiger partial charge in [-0.05, 0) is 19.4 Å². The third-order valence-electron chi connectivity index (χ3n) is 3.76. The van der Waals surface area contributed by atoms with Crippen LogP contribution in [0.25, 0.3) is 11.4 Å². The van der Waals surface area contributed by atoms with Crippen molar-refractivity contribution in [3.63, 3.8) is 0 Å². The fourth-order valence-electron chi connectivity index (χ4n) is 2.04. The van der Waals surface area contributed by atoms with Crippen LogP contribution in [0.15, 0.2) is 24.8 Å². The Morgan fingerprint density at radius 3 is 2.59 bits per heavy atom. The zero-order chi connectivity index (χ0) is 16.1. The van der Waals surface area contributed by atoms with Crippen molar-refractivity contribution < 1.29 is 4.79 Å². The maximum atomic E-state index is 12.2. The Bertz CT molecular complexity index is 658. The summed E-state index contributed by atoms with van der Waals surface area (Å²) >= 11 is 0. The van der Waals surface area contributed by atoms with Crippen LogP contribution in [0.4, 0.5) is 0 Å². The first kappa shape index (κ1) is 16.0. The Kier molecular flexibility index (Phi) is 5.14. The maximum Gasteiger partial charge on any atom is 0.272 e. The van der Waals surface area contributed by atoms with Gasteiger partial charge in [-0.15, -0.1) is 0 Å². The highest BCUT2D eigenvalue weighted by molar-refractivity contribution is 5.92. The van der Waals surface area contributed by atoms with Crippen molar-refractivity contribution in [3.05, 3.63) is 36.2 Å². The molecule has 2 aromatic heterocycles. The van der Waals surface area contributed by atoms with E-state index in [0.717, 1.165) is 12.1 Å². The number of carbonyl (C=O) groups excluding carboxylic acids is 1. The van der Waals surface area contributed by atoms with E-state index >= 15 is 0 Å². The van der Waals surface area contributed by atoms with Crippen LogP contribution in [0.1, 0.15) is 49.3 Å². The lowest BCUT2D eigenvalue weighted by Crippen LogP contribution is -2.27. The number of hydrogen-bond acceptors (Lipinski definition) is 5. The van der Waals surface area contributed by atoms with Crippen LogP contribution < -0.4 is 0 Å². The molecule has 0 aliphatic heterocycles. The maximum absolute atomic E-state index is 12.2. The Labute approximate surface area is 130 Å². The Balaban J connectivity index is 2.45. The summed E-state index contributed by atoms with van der Waals surface area (Å²) in [7, 11) is 1.75. The molecule has 116 valence electrons. The molecular weight excluding hydrogens is 278 g/mol. The monoisotopic (exact) mass is 299 g/mol. The minimum Gasteiger partial charge on any atom is -0.341 e. The summed E-state index contributed by atoms with van der Waals surface area (Å²) in [6.07, 6.45) is 5.69. The second-order valence-corrected chi connectivity index (χ2v) is 5.21. The topological polar surface area (TPSA) is 71.9 Å². The van der Waals surface area contributed by atoms with Crippen molar-refractivity contribution in [3.8, 4) is 11.4 Å². The first-order valence-corrected chi connectivity index (χ1v) is 7.47. The quantitative estimate of drug-likeness (QED) is 0.848. The number of carbonyl (C=O) groups is 1. The van der Waals surface area contributed by atoms with Gasteiger partial charge in [-0.3, -0.25) is 14.8 Å². The Morgan fingerprint density at radius 1 is 1.18 bits per heavy atom. The molecule has 2 heterocycles. The van der Waals surface area contributed by atoms with E-state index in [4.69, 9.17) is 0 Å². The molecule has 6 nitrogen and oxygen atoms in total. The normalized spacial score (nSPS) is 12.0. The van der Waals surface area contributed by atoms with Gasteiger partial charge in [0.25, 0.3) is 5.91 Å². The van der Waals surface area contributed by atoms with Crippen LogP contribution in [-0.2, 0) is 0 Å². The minimum atomic E-state index is -0.125. The van der Waals surface area contributed by atoms with Crippen molar-refractivity contribution in [1.82, 2.24) is 24.8 Å². The molecule has 2 aromatic rings. The van der Waals surface area contributed by atoms with E-state index in [0.29, 0.717) is 23.6 Å². The van der Waals surface area contributed by atoms with Crippen LogP contribution in [0.3, 0.4) is 0 Å². The highest BCUT2D eigenvalue weighted by atomic mass is 16.2. The van der Waals surface area contributed by atoms with E-state index in [2.05, 4.69) is 33.8 Å². The van der Waals surface area contributed by atoms with Crippen molar-refractivity contribution in [2.75, 3.05) is 13.6 Å². The van der Waals surface area contributed by atoms with Crippen LogP contribution >= 0.6 is 0 Å². The smallest absolute Gasteiger partial charge is 0.272 e. The standard InChI is InChI=1S/C16H21N5O/c1-5-11(3)14-15(18-8-7-17-14)12-9-13(20-10-19-12)16(22)21(4)6-2/h7-11H,5-6H2,1-4H3. The first-order valence-electron chi connectivity index (χ1n) is 7.47. The summed E-state index contributed by atoms with van der Waals surface area (Å²) in [4.78, 5) is 31.0. The number of nitrogens with zero attached hydrogens (tertiary/aromatic N) is 5. The third-order valence-corrected chi connectivity index (χ3v) is 3.76. The van der Waals surface area contributed by atoms with Crippen molar-refractivity contribution >= 4 is 5.91 Å². The number of hydrogen-bond donors (Lipinski definition) is 0. The summed E-state index contributed by atoms with van der Waals surface area (Å²) in [6, 6.07) is 1.68. The molecule has 1 amide bonds. The fraction of sp³-hybridized carbons (Fsp3) is 0.438. The zero-order valence-electron chi connectivity index (χ0n) is 13.4. The predicted octanol–water partition coefficient (Wildman–Crippen LogP) is 2.54. The van der Waals surface area contributed by atoms with Gasteiger partial charge in [0.05, 0.1) is 11.4 Å². The largest absolute Gasteiger partial charge is 0.341 e. The van der Waals surface area contributed by atoms with E-state index in [9.17, 15) is 4.79 Å². The van der Waals surface area contributed by atoms with Crippen molar-refractivity contribution in [2.24, 2.45) is 0 Å². The lowest BCUT2D eigenvalue weighted by Gasteiger charge is -2.15. The molecule has 0 radical (unpaired) electrons. The molecule has 22 heavy (non-hydrogen) atoms. The molecule has 0 aliphatic rings. The number of amides is 1. The predicted molar refractivity (Wildman–Crippen MR) is 84.4 cm³/mol. The van der Waals surface area contributed by atoms with Gasteiger partial charge in [0, 0.05) is 31.9 Å². The SMILES string of the molecule is CCC(C)c1nccnc1-c1cc(C(=O)N(C)CC)ncn1. The van der Waals surface area contributed by atoms with Gasteiger partial charge in [-0.1, -0.05) is 13.8 Å². The summed E-state index contributed by atoms with van der Waals surface area (Å²) in [5.74, 6) is 0.149. The molecule has 0 aliphatic carbocycles. The molecule has 1 unspecified atom stereocenters. The molecule has 0 spiro atoms. The molecule has 2 rings (SSSR count). The minimum absolute atomic E-state index is 0.125. The summed E-state index contributed by atoms with van der Waals surface area (Å²) in [5.41, 5.74) is 2.61. The second kappa shape index (κ2) is 7.06. The number of aromatic nitrogens is 4. The van der Waals surface area contributed by atoms with Crippen LogP contribution in [0.2, 0.25) is 0 Å². The third kappa shape index (κ3) is 3.27. The molecule has 0 saturated carbocycles. The molecule has 0 N–H and O–H groups in total. The van der Waals surface area contributed by atoms with E-state index < -0.39 is 0 Å². The first-order chi connectivity index (χ1) is 10.6. The van der Waals surface area contributed by atoms with Crippen molar-refractivity contribution in [2.45, 2.75) is 33.1 Å². The molecule has 0 bridgehead atoms. The van der Waals surface area contributed by atoms with Crippen LogP contribution in [0, 0.1) is 0 Å². The van der Waals surface area contributed by atoms with Gasteiger partial charge >= 0.3 is 0 Å². The van der Waals surface area contributed by atoms with Gasteiger partial charge < -0.3 is 4.90 Å². The van der Waals surface area contributed by atoms with Gasteiger partial charge in [-0.2, -0.15) is 0 Å². The zero-order valence-corrected chi connectivity index (χ0v) is 13.4. The molecule has 6 heteroatoms. The second-order valence-electron chi connectivity index (χ2n) is 5.21. The average molecular weight is 299 g/mol.